The fourth-order valence-electron chi connectivity index (χ4n) is 4.13. The van der Waals surface area contributed by atoms with Crippen LogP contribution in [0.5, 0.6) is 0 Å². The van der Waals surface area contributed by atoms with Crippen LogP contribution < -0.4 is 0 Å². The Hall–Kier alpha value is -1.59. The van der Waals surface area contributed by atoms with Crippen molar-refractivity contribution >= 4 is 16.1 Å². The van der Waals surface area contributed by atoms with Crippen molar-refractivity contribution in [2.45, 2.75) is 102 Å². The lowest BCUT2D eigenvalue weighted by molar-refractivity contribution is -0.140. The summed E-state index contributed by atoms with van der Waals surface area (Å²) < 4.78 is 70.8. The Morgan fingerprint density at radius 1 is 1.20 bits per heavy atom. The second-order valence-electron chi connectivity index (χ2n) is 9.15. The van der Waals surface area contributed by atoms with Crippen molar-refractivity contribution < 1.29 is 45.5 Å². The van der Waals surface area contributed by atoms with Crippen LogP contribution in [0.4, 0.5) is 13.2 Å². The Morgan fingerprint density at radius 3 is 2.46 bits per heavy atom. The van der Waals surface area contributed by atoms with E-state index in [0.29, 0.717) is 32.1 Å². The van der Waals surface area contributed by atoms with Crippen LogP contribution in [0.2, 0.25) is 0 Å². The van der Waals surface area contributed by atoms with Crippen molar-refractivity contribution in [2.75, 3.05) is 7.11 Å². The summed E-state index contributed by atoms with van der Waals surface area (Å²) in [5.41, 5.74) is -5.30. The number of aliphatic hydroxyl groups excluding tert-OH is 2. The van der Waals surface area contributed by atoms with Gasteiger partial charge in [-0.15, -0.1) is 0 Å². The minimum atomic E-state index is -5.86. The van der Waals surface area contributed by atoms with Crippen LogP contribution in [0, 0.1) is 11.8 Å². The van der Waals surface area contributed by atoms with Gasteiger partial charge in [0.1, 0.15) is 5.76 Å². The molecule has 4 atom stereocenters. The molecule has 0 fully saturated rings. The topological polar surface area (TPSA) is 110 Å². The van der Waals surface area contributed by atoms with E-state index in [2.05, 4.69) is 15.8 Å². The fourth-order valence-corrected chi connectivity index (χ4v) is 4.67. The molecule has 35 heavy (non-hydrogen) atoms. The van der Waals surface area contributed by atoms with Gasteiger partial charge in [-0.1, -0.05) is 58.1 Å². The van der Waals surface area contributed by atoms with Gasteiger partial charge < -0.3 is 19.1 Å². The molecule has 0 aliphatic heterocycles. The van der Waals surface area contributed by atoms with Crippen LogP contribution in [0.1, 0.15) is 84.5 Å². The fraction of sp³-hybridized carbons (Fsp3) is 0.792. The highest BCUT2D eigenvalue weighted by Gasteiger charge is 2.50. The molecule has 2 N–H and O–H groups in total. The largest absolute Gasteiger partial charge is 0.534 e. The molecule has 0 aromatic heterocycles. The molecule has 11 heteroatoms. The number of halogens is 3. The molecular weight excluding hydrogens is 489 g/mol. The summed E-state index contributed by atoms with van der Waals surface area (Å²) in [6.45, 7) is 4.10. The number of hydrogen-bond acceptors (Lipinski definition) is 7. The van der Waals surface area contributed by atoms with Crippen molar-refractivity contribution in [3.05, 3.63) is 23.5 Å². The van der Waals surface area contributed by atoms with Crippen LogP contribution in [-0.4, -0.2) is 49.4 Å². The first-order valence-corrected chi connectivity index (χ1v) is 13.6. The van der Waals surface area contributed by atoms with Crippen molar-refractivity contribution in [3.63, 3.8) is 0 Å². The number of hydrogen-bond donors (Lipinski definition) is 2. The number of ether oxygens (including phenoxy) is 1. The van der Waals surface area contributed by atoms with Crippen molar-refractivity contribution in [1.29, 1.82) is 0 Å². The standard InChI is InChI=1S/C24H39F3O7S/c1-4-5-10-17(2)15-18(28)13-14-19-20(11-8-6-7-9-12-23(30)33-3)22(16-21(19)29)34-35(31,32)24(25,26)27/h13-14,17-19,21,28-29H,4-12,15-16H2,1-3H3/t17-,18-,19-,21-/m1/s1. The quantitative estimate of drug-likeness (QED) is 0.0939. The lowest BCUT2D eigenvalue weighted by Crippen LogP contribution is -2.25. The minimum Gasteiger partial charge on any atom is -0.469 e. The zero-order valence-electron chi connectivity index (χ0n) is 20.7. The maximum Gasteiger partial charge on any atom is 0.534 e. The first kappa shape index (κ1) is 31.4. The average Bonchev–Trinajstić information content (AvgIpc) is 3.05. The number of methoxy groups -OCH3 is 1. The molecule has 0 aromatic carbocycles. The van der Waals surface area contributed by atoms with E-state index in [9.17, 15) is 36.6 Å². The lowest BCUT2D eigenvalue weighted by atomic mass is 9.92. The molecule has 0 saturated heterocycles. The third kappa shape index (κ3) is 10.9. The van der Waals surface area contributed by atoms with E-state index >= 15 is 0 Å². The van der Waals surface area contributed by atoms with Crippen molar-refractivity contribution in [2.24, 2.45) is 11.8 Å². The van der Waals surface area contributed by atoms with Gasteiger partial charge in [0.05, 0.1) is 19.3 Å². The molecular formula is C24H39F3O7S. The van der Waals surface area contributed by atoms with E-state index in [-0.39, 0.29) is 36.7 Å². The molecule has 0 heterocycles. The summed E-state index contributed by atoms with van der Waals surface area (Å²) in [5, 5.41) is 20.8. The number of alkyl halides is 3. The molecule has 7 nitrogen and oxygen atoms in total. The first-order valence-electron chi connectivity index (χ1n) is 12.2. The monoisotopic (exact) mass is 528 g/mol. The minimum absolute atomic E-state index is 0.218. The van der Waals surface area contributed by atoms with Crippen LogP contribution in [0.25, 0.3) is 0 Å². The maximum absolute atomic E-state index is 12.9. The Morgan fingerprint density at radius 2 is 1.86 bits per heavy atom. The average molecular weight is 529 g/mol. The summed E-state index contributed by atoms with van der Waals surface area (Å²) in [5.74, 6) is -1.21. The highest BCUT2D eigenvalue weighted by molar-refractivity contribution is 7.87. The molecule has 0 unspecified atom stereocenters. The van der Waals surface area contributed by atoms with Gasteiger partial charge in [-0.05, 0) is 37.2 Å². The lowest BCUT2D eigenvalue weighted by Gasteiger charge is -2.17. The third-order valence-electron chi connectivity index (χ3n) is 6.10. The van der Waals surface area contributed by atoms with Crippen molar-refractivity contribution in [1.82, 2.24) is 0 Å². The Bertz CT molecular complexity index is 821. The van der Waals surface area contributed by atoms with E-state index in [0.717, 1.165) is 19.3 Å². The molecule has 0 amide bonds. The predicted molar refractivity (Wildman–Crippen MR) is 125 cm³/mol. The summed E-state index contributed by atoms with van der Waals surface area (Å²) in [6.07, 6.45) is 7.16. The van der Waals surface area contributed by atoms with Gasteiger partial charge in [0, 0.05) is 18.8 Å². The number of rotatable bonds is 16. The van der Waals surface area contributed by atoms with Crippen LogP contribution in [0.3, 0.4) is 0 Å². The second-order valence-corrected chi connectivity index (χ2v) is 10.7. The molecule has 0 saturated carbocycles. The number of carbonyl (C=O) groups is 1. The molecule has 1 aliphatic carbocycles. The molecule has 1 aliphatic rings. The smallest absolute Gasteiger partial charge is 0.469 e. The van der Waals surface area contributed by atoms with Crippen molar-refractivity contribution in [3.8, 4) is 0 Å². The summed E-state index contributed by atoms with van der Waals surface area (Å²) in [4.78, 5) is 11.2. The maximum atomic E-state index is 12.9. The van der Waals surface area contributed by atoms with Gasteiger partial charge in [0.2, 0.25) is 0 Å². The Kier molecular flexibility index (Phi) is 13.3. The molecule has 0 aromatic rings. The molecule has 0 spiro atoms. The van der Waals surface area contributed by atoms with E-state index in [4.69, 9.17) is 0 Å². The Balaban J connectivity index is 2.93. The molecule has 0 bridgehead atoms. The van der Waals surface area contributed by atoms with E-state index in [1.165, 1.54) is 19.3 Å². The predicted octanol–water partition coefficient (Wildman–Crippen LogP) is 5.13. The second kappa shape index (κ2) is 14.8. The molecule has 0 radical (unpaired) electrons. The van der Waals surface area contributed by atoms with Gasteiger partial charge in [0.25, 0.3) is 0 Å². The molecule has 204 valence electrons. The van der Waals surface area contributed by atoms with E-state index < -0.39 is 39.5 Å². The number of esters is 1. The zero-order chi connectivity index (χ0) is 26.6. The van der Waals surface area contributed by atoms with Gasteiger partial charge in [0.15, 0.2) is 0 Å². The van der Waals surface area contributed by atoms with Gasteiger partial charge in [-0.3, -0.25) is 4.79 Å². The SMILES string of the molecule is CCCC[C@@H](C)C[C@H](O)C=C[C@@H]1C(CCCCCCC(=O)OC)=C(OS(=O)(=O)C(F)(F)F)C[C@H]1O. The zero-order valence-corrected chi connectivity index (χ0v) is 21.5. The number of unbranched alkanes of at least 4 members (excludes halogenated alkanes) is 4. The van der Waals surface area contributed by atoms with E-state index in [1.807, 2.05) is 6.92 Å². The van der Waals surface area contributed by atoms with Gasteiger partial charge >= 0.3 is 21.6 Å². The summed E-state index contributed by atoms with van der Waals surface area (Å²) >= 11 is 0. The van der Waals surface area contributed by atoms with Crippen LogP contribution in [-0.2, 0) is 23.8 Å². The highest BCUT2D eigenvalue weighted by Crippen LogP contribution is 2.40. The highest BCUT2D eigenvalue weighted by atomic mass is 32.2. The Labute approximate surface area is 206 Å². The van der Waals surface area contributed by atoms with Gasteiger partial charge in [-0.2, -0.15) is 21.6 Å². The normalized spacial score (nSPS) is 20.9. The number of carbonyl (C=O) groups excluding carboxylic acids is 1. The molecule has 1 rings (SSSR count). The van der Waals surface area contributed by atoms with E-state index in [1.54, 1.807) is 0 Å². The van der Waals surface area contributed by atoms with Gasteiger partial charge in [-0.25, -0.2) is 0 Å². The summed E-state index contributed by atoms with van der Waals surface area (Å²) in [6, 6.07) is 0. The van der Waals surface area contributed by atoms with Crippen LogP contribution in [0.15, 0.2) is 23.5 Å². The first-order chi connectivity index (χ1) is 16.3. The third-order valence-corrected chi connectivity index (χ3v) is 7.09. The summed E-state index contributed by atoms with van der Waals surface area (Å²) in [7, 11) is -4.56. The number of aliphatic hydroxyl groups is 2. The van der Waals surface area contributed by atoms with Crippen LogP contribution >= 0.6 is 0 Å².